The Bertz CT molecular complexity index is 425. The van der Waals surface area contributed by atoms with E-state index in [1.165, 1.54) is 42.0 Å². The van der Waals surface area contributed by atoms with Crippen LogP contribution in [0.25, 0.3) is 0 Å². The van der Waals surface area contributed by atoms with E-state index in [0.717, 1.165) is 12.5 Å². The first-order valence-electron chi connectivity index (χ1n) is 8.60. The highest BCUT2D eigenvalue weighted by Crippen LogP contribution is 2.44. The summed E-state index contributed by atoms with van der Waals surface area (Å²) in [5.41, 5.74) is 0.470. The van der Waals surface area contributed by atoms with Crippen LogP contribution in [-0.4, -0.2) is 11.5 Å². The Balaban J connectivity index is 1.91. The maximum Gasteiger partial charge on any atom is 0.0959 e. The van der Waals surface area contributed by atoms with Gasteiger partial charge in [-0.15, -0.1) is 11.3 Å². The van der Waals surface area contributed by atoms with Gasteiger partial charge in [0.05, 0.1) is 5.01 Å². The second kappa shape index (κ2) is 7.23. The Hall–Kier alpha value is -0.410. The molecule has 1 aliphatic rings. The van der Waals surface area contributed by atoms with Gasteiger partial charge in [0.25, 0.3) is 0 Å². The van der Waals surface area contributed by atoms with Gasteiger partial charge < -0.3 is 5.32 Å². The monoisotopic (exact) mass is 308 g/mol. The van der Waals surface area contributed by atoms with Gasteiger partial charge in [-0.25, -0.2) is 4.98 Å². The van der Waals surface area contributed by atoms with E-state index < -0.39 is 0 Å². The molecule has 120 valence electrons. The van der Waals surface area contributed by atoms with Gasteiger partial charge >= 0.3 is 0 Å². The molecule has 1 atom stereocenters. The topological polar surface area (TPSA) is 24.9 Å². The van der Waals surface area contributed by atoms with E-state index in [2.05, 4.69) is 46.1 Å². The SMILES string of the molecule is CCCNC(C)c1cnc(C2CCC(C(C)(C)C)CC2)s1. The summed E-state index contributed by atoms with van der Waals surface area (Å²) in [4.78, 5) is 6.13. The summed E-state index contributed by atoms with van der Waals surface area (Å²) in [5, 5.41) is 4.94. The Morgan fingerprint density at radius 1 is 1.29 bits per heavy atom. The van der Waals surface area contributed by atoms with Crippen LogP contribution in [0.15, 0.2) is 6.20 Å². The highest BCUT2D eigenvalue weighted by atomic mass is 32.1. The second-order valence-electron chi connectivity index (χ2n) is 7.69. The molecule has 0 amide bonds. The third-order valence-corrected chi connectivity index (χ3v) is 6.31. The number of hydrogen-bond donors (Lipinski definition) is 1. The van der Waals surface area contributed by atoms with Gasteiger partial charge in [-0.2, -0.15) is 0 Å². The predicted molar refractivity (Wildman–Crippen MR) is 93.0 cm³/mol. The number of aromatic nitrogens is 1. The second-order valence-corrected chi connectivity index (χ2v) is 8.79. The van der Waals surface area contributed by atoms with Gasteiger partial charge in [0.2, 0.25) is 0 Å². The van der Waals surface area contributed by atoms with Crippen molar-refractivity contribution in [2.75, 3.05) is 6.54 Å². The maximum absolute atomic E-state index is 4.73. The van der Waals surface area contributed by atoms with Gasteiger partial charge in [-0.1, -0.05) is 27.7 Å². The van der Waals surface area contributed by atoms with E-state index in [0.29, 0.717) is 17.4 Å². The van der Waals surface area contributed by atoms with Gasteiger partial charge in [-0.3, -0.25) is 0 Å². The van der Waals surface area contributed by atoms with Crippen LogP contribution in [0.3, 0.4) is 0 Å². The largest absolute Gasteiger partial charge is 0.309 e. The van der Waals surface area contributed by atoms with Gasteiger partial charge in [0, 0.05) is 23.0 Å². The molecule has 2 rings (SSSR count). The first kappa shape index (κ1) is 17.0. The molecular formula is C18H32N2S. The molecule has 1 aromatic rings. The lowest BCUT2D eigenvalue weighted by molar-refractivity contribution is 0.169. The Kier molecular flexibility index (Phi) is 5.84. The molecular weight excluding hydrogens is 276 g/mol. The highest BCUT2D eigenvalue weighted by Gasteiger charge is 2.31. The molecule has 1 fully saturated rings. The van der Waals surface area contributed by atoms with Crippen LogP contribution in [0.5, 0.6) is 0 Å². The van der Waals surface area contributed by atoms with Crippen molar-refractivity contribution in [1.29, 1.82) is 0 Å². The summed E-state index contributed by atoms with van der Waals surface area (Å²) in [5.74, 6) is 1.60. The lowest BCUT2D eigenvalue weighted by Crippen LogP contribution is -2.25. The summed E-state index contributed by atoms with van der Waals surface area (Å²) in [6, 6.07) is 0.446. The van der Waals surface area contributed by atoms with Crippen molar-refractivity contribution >= 4 is 11.3 Å². The van der Waals surface area contributed by atoms with Crippen LogP contribution in [0.2, 0.25) is 0 Å². The number of nitrogens with one attached hydrogen (secondary N) is 1. The minimum atomic E-state index is 0.446. The van der Waals surface area contributed by atoms with Gasteiger partial charge in [-0.05, 0) is 56.9 Å². The zero-order valence-electron chi connectivity index (χ0n) is 14.4. The molecule has 1 unspecified atom stereocenters. The van der Waals surface area contributed by atoms with E-state index in [1.807, 2.05) is 11.3 Å². The Morgan fingerprint density at radius 2 is 1.95 bits per heavy atom. The zero-order chi connectivity index (χ0) is 15.5. The average molecular weight is 309 g/mol. The fraction of sp³-hybridized carbons (Fsp3) is 0.833. The minimum absolute atomic E-state index is 0.446. The smallest absolute Gasteiger partial charge is 0.0959 e. The van der Waals surface area contributed by atoms with Crippen molar-refractivity contribution in [1.82, 2.24) is 10.3 Å². The summed E-state index contributed by atoms with van der Waals surface area (Å²) in [6.45, 7) is 12.7. The van der Waals surface area contributed by atoms with Crippen LogP contribution in [0, 0.1) is 11.3 Å². The molecule has 1 saturated carbocycles. The third-order valence-electron chi connectivity index (χ3n) is 4.97. The van der Waals surface area contributed by atoms with E-state index >= 15 is 0 Å². The molecule has 3 heteroatoms. The van der Waals surface area contributed by atoms with Crippen LogP contribution >= 0.6 is 11.3 Å². The standard InChI is InChI=1S/C18H32N2S/c1-6-11-19-13(2)16-12-20-17(21-16)14-7-9-15(10-8-14)18(3,4)5/h12-15,19H,6-11H2,1-5H3. The fourth-order valence-electron chi connectivity index (χ4n) is 3.36. The summed E-state index contributed by atoms with van der Waals surface area (Å²) in [6.07, 6.45) is 8.67. The molecule has 0 saturated heterocycles. The van der Waals surface area contributed by atoms with E-state index in [4.69, 9.17) is 4.98 Å². The molecule has 1 aliphatic carbocycles. The molecule has 0 spiro atoms. The molecule has 0 aromatic carbocycles. The van der Waals surface area contributed by atoms with Gasteiger partial charge in [0.1, 0.15) is 0 Å². The molecule has 1 aromatic heterocycles. The molecule has 21 heavy (non-hydrogen) atoms. The van der Waals surface area contributed by atoms with Crippen LogP contribution in [-0.2, 0) is 0 Å². The van der Waals surface area contributed by atoms with Crippen LogP contribution in [0.4, 0.5) is 0 Å². The molecule has 1 heterocycles. The molecule has 1 N–H and O–H groups in total. The van der Waals surface area contributed by atoms with E-state index in [-0.39, 0.29) is 0 Å². The predicted octanol–water partition coefficient (Wildman–Crippen LogP) is 5.52. The van der Waals surface area contributed by atoms with E-state index in [1.54, 1.807) is 0 Å². The first-order chi connectivity index (χ1) is 9.91. The van der Waals surface area contributed by atoms with Crippen molar-refractivity contribution in [2.24, 2.45) is 11.3 Å². The molecule has 0 bridgehead atoms. The Labute approximate surface area is 134 Å². The van der Waals surface area contributed by atoms with Gasteiger partial charge in [0.15, 0.2) is 0 Å². The number of rotatable bonds is 5. The van der Waals surface area contributed by atoms with Crippen LogP contribution < -0.4 is 5.32 Å². The average Bonchev–Trinajstić information content (AvgIpc) is 2.94. The van der Waals surface area contributed by atoms with Crippen molar-refractivity contribution < 1.29 is 0 Å². The Morgan fingerprint density at radius 3 is 2.52 bits per heavy atom. The highest BCUT2D eigenvalue weighted by molar-refractivity contribution is 7.11. The lowest BCUT2D eigenvalue weighted by Gasteiger charge is -2.36. The van der Waals surface area contributed by atoms with Crippen molar-refractivity contribution in [3.8, 4) is 0 Å². The first-order valence-corrected chi connectivity index (χ1v) is 9.42. The third kappa shape index (κ3) is 4.53. The zero-order valence-corrected chi connectivity index (χ0v) is 15.2. The maximum atomic E-state index is 4.73. The van der Waals surface area contributed by atoms with Crippen molar-refractivity contribution in [3.63, 3.8) is 0 Å². The molecule has 2 nitrogen and oxygen atoms in total. The fourth-order valence-corrected chi connectivity index (χ4v) is 4.47. The molecule has 0 radical (unpaired) electrons. The number of hydrogen-bond acceptors (Lipinski definition) is 3. The number of thiazole rings is 1. The summed E-state index contributed by atoms with van der Waals surface area (Å²) >= 11 is 1.93. The van der Waals surface area contributed by atoms with Crippen LogP contribution in [0.1, 0.15) is 88.6 Å². The summed E-state index contributed by atoms with van der Waals surface area (Å²) < 4.78 is 0. The van der Waals surface area contributed by atoms with Crippen molar-refractivity contribution in [3.05, 3.63) is 16.1 Å². The van der Waals surface area contributed by atoms with E-state index in [9.17, 15) is 0 Å². The minimum Gasteiger partial charge on any atom is -0.309 e. The normalized spacial score (nSPS) is 25.0. The van der Waals surface area contributed by atoms with Crippen molar-refractivity contribution in [2.45, 2.75) is 78.7 Å². The molecule has 0 aliphatic heterocycles. The lowest BCUT2D eigenvalue weighted by atomic mass is 9.70. The quantitative estimate of drug-likeness (QED) is 0.774. The summed E-state index contributed by atoms with van der Waals surface area (Å²) in [7, 11) is 0. The number of nitrogens with zero attached hydrogens (tertiary/aromatic N) is 1.